The molecule has 0 radical (unpaired) electrons. The highest BCUT2D eigenvalue weighted by Gasteiger charge is 2.36. The maximum Gasteiger partial charge on any atom is 0.138 e. The van der Waals surface area contributed by atoms with E-state index < -0.39 is 0 Å². The van der Waals surface area contributed by atoms with Gasteiger partial charge in [0.1, 0.15) is 22.8 Å². The lowest BCUT2D eigenvalue weighted by molar-refractivity contribution is 0.668. The summed E-state index contributed by atoms with van der Waals surface area (Å²) < 4.78 is 16.9. The number of fused-ring (bicyclic) bond motifs is 15. The minimum atomic E-state index is 0.473. The molecule has 20 rings (SSSR count). The number of pyridine rings is 1. The molecule has 0 spiro atoms. The van der Waals surface area contributed by atoms with Crippen molar-refractivity contribution in [1.82, 2.24) is 23.3 Å². The van der Waals surface area contributed by atoms with Gasteiger partial charge in [0.15, 0.2) is 0 Å². The number of rotatable bonds is 9. The van der Waals surface area contributed by atoms with Gasteiger partial charge < -0.3 is 22.7 Å². The van der Waals surface area contributed by atoms with Gasteiger partial charge in [0.2, 0.25) is 0 Å². The monoisotopic (exact) mass is 1230 g/mol. The van der Waals surface area contributed by atoms with Crippen LogP contribution in [0, 0.1) is 11.3 Å². The Balaban J connectivity index is 1.10. The van der Waals surface area contributed by atoms with Gasteiger partial charge in [0.25, 0.3) is 0 Å². The van der Waals surface area contributed by atoms with Crippen LogP contribution in [0.1, 0.15) is 5.56 Å². The van der Waals surface area contributed by atoms with Crippen LogP contribution in [-0.4, -0.2) is 23.3 Å². The van der Waals surface area contributed by atoms with Crippen LogP contribution < -0.4 is 0 Å². The highest BCUT2D eigenvalue weighted by molar-refractivity contribution is 6.19. The van der Waals surface area contributed by atoms with Gasteiger partial charge in [-0.05, 0) is 117 Å². The van der Waals surface area contributed by atoms with Crippen LogP contribution >= 0.6 is 0 Å². The molecule has 0 saturated heterocycles. The molecule has 6 aromatic heterocycles. The van der Waals surface area contributed by atoms with E-state index in [0.29, 0.717) is 22.5 Å². The predicted molar refractivity (Wildman–Crippen MR) is 401 cm³/mol. The first kappa shape index (κ1) is 54.3. The average molecular weight is 1240 g/mol. The molecule has 97 heavy (non-hydrogen) atoms. The Morgan fingerprint density at radius 3 is 0.918 bits per heavy atom. The second-order valence-electron chi connectivity index (χ2n) is 25.2. The van der Waals surface area contributed by atoms with Crippen LogP contribution in [0.25, 0.3) is 188 Å². The summed E-state index contributed by atoms with van der Waals surface area (Å²) in [4.78, 5) is 4.63. The quantitative estimate of drug-likeness (QED) is 0.145. The fraction of sp³-hybridized carbons (Fsp3) is 0. The van der Waals surface area contributed by atoms with E-state index in [1.807, 2.05) is 12.3 Å². The Labute approximate surface area is 556 Å². The summed E-state index contributed by atoms with van der Waals surface area (Å²) in [5.74, 6) is 0. The molecule has 0 saturated carbocycles. The lowest BCUT2D eigenvalue weighted by Gasteiger charge is -2.29. The van der Waals surface area contributed by atoms with Crippen molar-refractivity contribution in [2.75, 3.05) is 0 Å². The van der Waals surface area contributed by atoms with Crippen LogP contribution in [0.2, 0.25) is 0 Å². The lowest BCUT2D eigenvalue weighted by Crippen LogP contribution is -2.16. The molecule has 0 bridgehead atoms. The summed E-state index contributed by atoms with van der Waals surface area (Å²) >= 11 is 0. The van der Waals surface area contributed by atoms with Crippen molar-refractivity contribution < 1.29 is 4.42 Å². The van der Waals surface area contributed by atoms with E-state index in [2.05, 4.69) is 339 Å². The standard InChI is InChI=1S/C90H54N6O/c91-54-74-87(93-76-33-17-13-29-65(76)69-42-37-60(49-80(69)93)56-21-5-1-6-22-56)89(95-78-35-19-15-31-67(78)71-44-39-62(51-82(71)95)58-25-9-3-10-26-58)86(64-41-46-73-75-55-92-48-47-84(75)97-85(73)53-64)90(96-79-36-20-16-32-68(79)72-45-40-63(52-83(72)96)59-27-11-4-12-28-59)88(74)94-77-34-18-14-30-66(77)70-43-38-61(50-81(70)94)57-23-7-2-8-24-57/h1-53,55H. The molecular formula is C90H54N6O. The normalized spacial score (nSPS) is 11.9. The first-order valence-corrected chi connectivity index (χ1v) is 32.9. The van der Waals surface area contributed by atoms with Crippen molar-refractivity contribution in [3.8, 4) is 84.5 Å². The summed E-state index contributed by atoms with van der Waals surface area (Å²) in [6.07, 6.45) is 3.70. The average Bonchev–Trinajstić information content (AvgIpc) is 1.61. The maximum atomic E-state index is 13.6. The number of nitrogens with zero attached hydrogens (tertiary/aromatic N) is 6. The van der Waals surface area contributed by atoms with E-state index in [-0.39, 0.29) is 0 Å². The SMILES string of the molecule is N#Cc1c(-n2c3ccccc3c3ccc(-c4ccccc4)cc32)c(-n2c3ccccc3c3ccc(-c4ccccc4)cc32)c(-c2ccc3c(c2)oc2ccncc23)c(-n2c3ccccc3c3ccc(-c4ccccc4)cc32)c1-n1c2ccccc2c2ccc(-c3ccccc3)cc21. The molecule has 6 heterocycles. The summed E-state index contributed by atoms with van der Waals surface area (Å²) in [5.41, 5.74) is 23.1. The van der Waals surface area contributed by atoms with Gasteiger partial charge in [0, 0.05) is 71.8 Å². The van der Waals surface area contributed by atoms with Crippen LogP contribution in [0.4, 0.5) is 0 Å². The van der Waals surface area contributed by atoms with E-state index in [4.69, 9.17) is 4.42 Å². The molecule has 7 heteroatoms. The predicted octanol–water partition coefficient (Wildman–Crippen LogP) is 23.6. The van der Waals surface area contributed by atoms with E-state index >= 15 is 0 Å². The fourth-order valence-electron chi connectivity index (χ4n) is 15.8. The number of para-hydroxylation sites is 4. The van der Waals surface area contributed by atoms with Gasteiger partial charge in [-0.3, -0.25) is 4.98 Å². The molecule has 0 unspecified atom stereocenters. The molecule has 0 aliphatic rings. The lowest BCUT2D eigenvalue weighted by atomic mass is 9.92. The third-order valence-corrected chi connectivity index (χ3v) is 20.1. The van der Waals surface area contributed by atoms with Gasteiger partial charge in [-0.25, -0.2) is 0 Å². The van der Waals surface area contributed by atoms with Crippen molar-refractivity contribution >= 4 is 109 Å². The number of nitriles is 1. The Morgan fingerprint density at radius 2 is 0.557 bits per heavy atom. The minimum absolute atomic E-state index is 0.473. The summed E-state index contributed by atoms with van der Waals surface area (Å²) in [6, 6.07) is 117. The molecule has 0 amide bonds. The molecular weight excluding hydrogens is 1180 g/mol. The third-order valence-electron chi connectivity index (χ3n) is 20.1. The van der Waals surface area contributed by atoms with Crippen molar-refractivity contribution in [2.24, 2.45) is 0 Å². The number of aromatic nitrogens is 5. The smallest absolute Gasteiger partial charge is 0.138 e. The van der Waals surface area contributed by atoms with Crippen molar-refractivity contribution in [3.05, 3.63) is 333 Å². The van der Waals surface area contributed by atoms with Crippen LogP contribution in [0.3, 0.4) is 0 Å². The van der Waals surface area contributed by atoms with Crippen molar-refractivity contribution in [2.45, 2.75) is 0 Å². The van der Waals surface area contributed by atoms with Crippen LogP contribution in [-0.2, 0) is 0 Å². The highest BCUT2D eigenvalue weighted by Crippen LogP contribution is 2.53. The zero-order valence-electron chi connectivity index (χ0n) is 52.3. The molecule has 0 aliphatic carbocycles. The summed E-state index contributed by atoms with van der Waals surface area (Å²) in [7, 11) is 0. The van der Waals surface area contributed by atoms with E-state index in [0.717, 1.165) is 171 Å². The Hall–Kier alpha value is -13.3. The first-order chi connectivity index (χ1) is 48.1. The molecule has 0 N–H and O–H groups in total. The Bertz CT molecular complexity index is 6340. The van der Waals surface area contributed by atoms with E-state index in [1.54, 1.807) is 6.20 Å². The van der Waals surface area contributed by atoms with E-state index in [1.165, 1.54) is 0 Å². The molecule has 14 aromatic carbocycles. The second-order valence-corrected chi connectivity index (χ2v) is 25.2. The second kappa shape index (κ2) is 21.4. The van der Waals surface area contributed by atoms with Crippen molar-refractivity contribution in [3.63, 3.8) is 0 Å². The minimum Gasteiger partial charge on any atom is -0.456 e. The number of benzene rings is 14. The van der Waals surface area contributed by atoms with Gasteiger partial charge in [-0.1, -0.05) is 249 Å². The fourth-order valence-corrected chi connectivity index (χ4v) is 15.8. The topological polar surface area (TPSA) is 69.5 Å². The molecule has 20 aromatic rings. The Morgan fingerprint density at radius 1 is 0.247 bits per heavy atom. The molecule has 0 atom stereocenters. The Kier molecular flexibility index (Phi) is 12.0. The van der Waals surface area contributed by atoms with Gasteiger partial charge >= 0.3 is 0 Å². The zero-order chi connectivity index (χ0) is 63.8. The molecule has 450 valence electrons. The first-order valence-electron chi connectivity index (χ1n) is 32.9. The largest absolute Gasteiger partial charge is 0.456 e. The third kappa shape index (κ3) is 8.18. The molecule has 0 fully saturated rings. The highest BCUT2D eigenvalue weighted by atomic mass is 16.3. The number of hydrogen-bond acceptors (Lipinski definition) is 3. The van der Waals surface area contributed by atoms with Crippen LogP contribution in [0.5, 0.6) is 0 Å². The number of furan rings is 1. The van der Waals surface area contributed by atoms with Crippen LogP contribution in [0.15, 0.2) is 332 Å². The maximum absolute atomic E-state index is 13.6. The summed E-state index contributed by atoms with van der Waals surface area (Å²) in [5, 5.41) is 24.0. The number of hydrogen-bond donors (Lipinski definition) is 0. The molecule has 0 aliphatic heterocycles. The van der Waals surface area contributed by atoms with Gasteiger partial charge in [-0.2, -0.15) is 5.26 Å². The van der Waals surface area contributed by atoms with E-state index in [9.17, 15) is 5.26 Å². The zero-order valence-corrected chi connectivity index (χ0v) is 52.3. The molecule has 7 nitrogen and oxygen atoms in total. The van der Waals surface area contributed by atoms with Gasteiger partial charge in [-0.15, -0.1) is 0 Å². The van der Waals surface area contributed by atoms with Crippen molar-refractivity contribution in [1.29, 1.82) is 5.26 Å². The summed E-state index contributed by atoms with van der Waals surface area (Å²) in [6.45, 7) is 0. The van der Waals surface area contributed by atoms with Gasteiger partial charge in [0.05, 0.1) is 66.9 Å².